The monoisotopic (exact) mass is 770 g/mol. The van der Waals surface area contributed by atoms with E-state index in [0.29, 0.717) is 5.92 Å². The Balaban J connectivity index is 1.26. The van der Waals surface area contributed by atoms with Gasteiger partial charge in [0.15, 0.2) is 0 Å². The van der Waals surface area contributed by atoms with Crippen molar-refractivity contribution < 1.29 is 0 Å². The maximum Gasteiger partial charge on any atom is -0.00264 e. The van der Waals surface area contributed by atoms with Gasteiger partial charge in [-0.25, -0.2) is 0 Å². The van der Waals surface area contributed by atoms with Gasteiger partial charge in [-0.05, 0) is 155 Å². The van der Waals surface area contributed by atoms with E-state index in [4.69, 9.17) is 0 Å². The van der Waals surface area contributed by atoms with Crippen LogP contribution in [0.2, 0.25) is 0 Å². The number of hydrogen-bond acceptors (Lipinski definition) is 0. The summed E-state index contributed by atoms with van der Waals surface area (Å²) in [5.74, 6) is 0.400. The molecule has 2 aliphatic carbocycles. The lowest BCUT2D eigenvalue weighted by Crippen LogP contribution is -2.08. The van der Waals surface area contributed by atoms with Gasteiger partial charge in [0.05, 0.1) is 0 Å². The molecule has 0 heteroatoms. The van der Waals surface area contributed by atoms with E-state index in [2.05, 4.69) is 215 Å². The summed E-state index contributed by atoms with van der Waals surface area (Å²) in [6.07, 6.45) is 20.6. The van der Waals surface area contributed by atoms with Crippen LogP contribution >= 0.6 is 0 Å². The summed E-state index contributed by atoms with van der Waals surface area (Å²) in [6.45, 7) is 6.82. The second-order valence-corrected chi connectivity index (χ2v) is 16.5. The van der Waals surface area contributed by atoms with Crippen LogP contribution in [0.4, 0.5) is 0 Å². The van der Waals surface area contributed by atoms with Gasteiger partial charge < -0.3 is 0 Å². The fourth-order valence-electron chi connectivity index (χ4n) is 10.1. The predicted octanol–water partition coefficient (Wildman–Crippen LogP) is 17.3. The highest BCUT2D eigenvalue weighted by atomic mass is 14.3. The number of hydrogen-bond donors (Lipinski definition) is 0. The molecule has 60 heavy (non-hydrogen) atoms. The highest BCUT2D eigenvalue weighted by Gasteiger charge is 2.27. The molecule has 0 N–H and O–H groups in total. The van der Waals surface area contributed by atoms with Crippen LogP contribution in [-0.2, 0) is 0 Å². The molecule has 1 unspecified atom stereocenters. The third kappa shape index (κ3) is 6.58. The third-order valence-electron chi connectivity index (χ3n) is 12.9. The van der Waals surface area contributed by atoms with E-state index < -0.39 is 0 Å². The van der Waals surface area contributed by atoms with E-state index in [9.17, 15) is 0 Å². The largest absolute Gasteiger partial charge is 0.0842 e. The Morgan fingerprint density at radius 1 is 0.533 bits per heavy atom. The lowest BCUT2D eigenvalue weighted by atomic mass is 9.75. The lowest BCUT2D eigenvalue weighted by Gasteiger charge is -2.28. The molecule has 0 fully saturated rings. The van der Waals surface area contributed by atoms with Crippen molar-refractivity contribution >= 4 is 55.1 Å². The van der Waals surface area contributed by atoms with Crippen molar-refractivity contribution in [2.24, 2.45) is 0 Å². The summed E-state index contributed by atoms with van der Waals surface area (Å²) < 4.78 is 0. The highest BCUT2D eigenvalue weighted by molar-refractivity contribution is 6.20. The molecular weight excluding hydrogens is 721 g/mol. The van der Waals surface area contributed by atoms with Gasteiger partial charge in [0.2, 0.25) is 0 Å². The van der Waals surface area contributed by atoms with Crippen LogP contribution in [0.15, 0.2) is 188 Å². The number of allylic oxidation sites excluding steroid dienone is 9. The van der Waals surface area contributed by atoms with Crippen LogP contribution in [0.3, 0.4) is 0 Å². The van der Waals surface area contributed by atoms with Crippen molar-refractivity contribution in [2.45, 2.75) is 52.4 Å². The van der Waals surface area contributed by atoms with Gasteiger partial charge in [-0.1, -0.05) is 202 Å². The molecule has 8 aromatic carbocycles. The van der Waals surface area contributed by atoms with Gasteiger partial charge in [0, 0.05) is 0 Å². The molecule has 0 amide bonds. The van der Waals surface area contributed by atoms with Crippen molar-refractivity contribution in [3.05, 3.63) is 216 Å². The van der Waals surface area contributed by atoms with Crippen LogP contribution in [-0.4, -0.2) is 0 Å². The minimum absolute atomic E-state index is 0.400. The van der Waals surface area contributed by atoms with E-state index in [0.717, 1.165) is 25.7 Å². The zero-order chi connectivity index (χ0) is 40.6. The standard InChI is InChI=1S/C60H50/c1-4-6-19-41(5-2)60-52-27-16-15-26-51(52)59(54-28-17-18-40(3)56(54)60)48-37-38-53-55(39-48)58(47-35-31-45(32-36-47)43-22-11-8-12-23-43)50-25-14-13-24-49(50)57(53)46-33-29-44(30-34-46)42-20-9-7-10-21-42/h5-17,19-31,33-35,37-40H,4,18,32,36H2,1-3H3/b19-6-,41-5+. The molecule has 0 radical (unpaired) electrons. The molecule has 8 aromatic rings. The van der Waals surface area contributed by atoms with Gasteiger partial charge >= 0.3 is 0 Å². The Hall–Kier alpha value is -6.76. The fraction of sp³-hybridized carbons (Fsp3) is 0.133. The molecule has 0 bridgehead atoms. The molecule has 0 aromatic heterocycles. The van der Waals surface area contributed by atoms with Gasteiger partial charge in [0.1, 0.15) is 0 Å². The molecule has 0 heterocycles. The van der Waals surface area contributed by atoms with Crippen molar-refractivity contribution in [1.29, 1.82) is 0 Å². The first-order chi connectivity index (χ1) is 29.6. The summed E-state index contributed by atoms with van der Waals surface area (Å²) >= 11 is 0. The van der Waals surface area contributed by atoms with E-state index >= 15 is 0 Å². The maximum absolute atomic E-state index is 2.54. The first-order valence-corrected chi connectivity index (χ1v) is 21.8. The van der Waals surface area contributed by atoms with Crippen molar-refractivity contribution in [1.82, 2.24) is 0 Å². The first-order valence-electron chi connectivity index (χ1n) is 21.8. The molecule has 0 spiro atoms. The number of benzene rings is 8. The second-order valence-electron chi connectivity index (χ2n) is 16.5. The second kappa shape index (κ2) is 16.1. The molecule has 0 aliphatic heterocycles. The summed E-state index contributed by atoms with van der Waals surface area (Å²) in [5.41, 5.74) is 18.6. The highest BCUT2D eigenvalue weighted by Crippen LogP contribution is 2.50. The molecule has 2 aliphatic rings. The summed E-state index contributed by atoms with van der Waals surface area (Å²) in [7, 11) is 0. The van der Waals surface area contributed by atoms with Crippen LogP contribution in [0.1, 0.15) is 80.2 Å². The van der Waals surface area contributed by atoms with Gasteiger partial charge in [-0.15, -0.1) is 0 Å². The average molecular weight is 771 g/mol. The average Bonchev–Trinajstić information content (AvgIpc) is 3.31. The molecule has 0 saturated heterocycles. The predicted molar refractivity (Wildman–Crippen MR) is 262 cm³/mol. The third-order valence-corrected chi connectivity index (χ3v) is 12.9. The fourth-order valence-corrected chi connectivity index (χ4v) is 10.1. The van der Waals surface area contributed by atoms with Crippen LogP contribution in [0.5, 0.6) is 0 Å². The minimum Gasteiger partial charge on any atom is -0.0842 e. The zero-order valence-corrected chi connectivity index (χ0v) is 34.9. The number of fused-ring (bicyclic) bond motifs is 4. The first kappa shape index (κ1) is 37.5. The quantitative estimate of drug-likeness (QED) is 0.107. The molecule has 0 saturated carbocycles. The smallest absolute Gasteiger partial charge is 0.00264 e. The zero-order valence-electron chi connectivity index (χ0n) is 34.9. The Morgan fingerprint density at radius 2 is 1.08 bits per heavy atom. The summed E-state index contributed by atoms with van der Waals surface area (Å²) in [5, 5.41) is 7.84. The minimum atomic E-state index is 0.400. The van der Waals surface area contributed by atoms with Crippen LogP contribution in [0.25, 0.3) is 88.5 Å². The summed E-state index contributed by atoms with van der Waals surface area (Å²) in [6, 6.07) is 56.4. The summed E-state index contributed by atoms with van der Waals surface area (Å²) in [4.78, 5) is 0. The molecule has 0 nitrogen and oxygen atoms in total. The van der Waals surface area contributed by atoms with Crippen LogP contribution < -0.4 is 0 Å². The Bertz CT molecular complexity index is 3070. The molecular formula is C60H50. The van der Waals surface area contributed by atoms with Crippen molar-refractivity contribution in [2.75, 3.05) is 0 Å². The van der Waals surface area contributed by atoms with E-state index in [-0.39, 0.29) is 0 Å². The van der Waals surface area contributed by atoms with Gasteiger partial charge in [0.25, 0.3) is 0 Å². The Kier molecular flexibility index (Phi) is 10.1. The molecule has 10 rings (SSSR count). The van der Waals surface area contributed by atoms with Crippen LogP contribution in [0, 0.1) is 0 Å². The lowest BCUT2D eigenvalue weighted by molar-refractivity contribution is 0.771. The Morgan fingerprint density at radius 3 is 1.75 bits per heavy atom. The van der Waals surface area contributed by atoms with Gasteiger partial charge in [-0.3, -0.25) is 0 Å². The maximum atomic E-state index is 2.54. The van der Waals surface area contributed by atoms with Crippen molar-refractivity contribution in [3.63, 3.8) is 0 Å². The molecule has 1 atom stereocenters. The topological polar surface area (TPSA) is 0 Å². The van der Waals surface area contributed by atoms with E-state index in [1.807, 2.05) is 0 Å². The molecule has 290 valence electrons. The van der Waals surface area contributed by atoms with Crippen molar-refractivity contribution in [3.8, 4) is 33.4 Å². The van der Waals surface area contributed by atoms with Gasteiger partial charge in [-0.2, -0.15) is 0 Å². The normalized spacial score (nSPS) is 15.4. The number of rotatable bonds is 8. The SMILES string of the molecule is C/C=C(\C=C/CC)c1c2c(c(-c3ccc4c(-c5ccc(-c6ccccc6)cc5)c5ccccc5c(C5=CC=C(c6ccccc6)CC5)c4c3)c3ccccc13)C=CCC2C. The Labute approximate surface area is 355 Å². The van der Waals surface area contributed by atoms with E-state index in [1.165, 1.54) is 110 Å². The van der Waals surface area contributed by atoms with E-state index in [1.54, 1.807) is 0 Å².